The van der Waals surface area contributed by atoms with E-state index in [0.717, 1.165) is 0 Å². The molecule has 2 atom stereocenters. The number of hydrogen-bond acceptors (Lipinski definition) is 2. The zero-order chi connectivity index (χ0) is 13.7. The highest BCUT2D eigenvalue weighted by atomic mass is 16.4. The molecule has 2 unspecified atom stereocenters. The van der Waals surface area contributed by atoms with Crippen molar-refractivity contribution in [3.8, 4) is 0 Å². The van der Waals surface area contributed by atoms with Crippen LogP contribution in [0.4, 0.5) is 4.79 Å². The molecule has 0 radical (unpaired) electrons. The molecule has 1 aliphatic rings. The van der Waals surface area contributed by atoms with E-state index >= 15 is 0 Å². The number of carboxylic acids is 1. The smallest absolute Gasteiger partial charge is 0.315 e. The number of amides is 2. The fraction of sp³-hybridized carbons (Fsp3) is 0.846. The lowest BCUT2D eigenvalue weighted by Crippen LogP contribution is -2.47. The molecule has 0 saturated heterocycles. The molecule has 2 amide bonds. The van der Waals surface area contributed by atoms with Gasteiger partial charge in [-0.2, -0.15) is 0 Å². The Balaban J connectivity index is 2.28. The molecule has 18 heavy (non-hydrogen) atoms. The lowest BCUT2D eigenvalue weighted by Gasteiger charge is -2.32. The molecule has 0 aliphatic heterocycles. The van der Waals surface area contributed by atoms with Gasteiger partial charge in [0.15, 0.2) is 0 Å². The highest BCUT2D eigenvalue weighted by Crippen LogP contribution is 2.29. The van der Waals surface area contributed by atoms with Gasteiger partial charge >= 0.3 is 12.0 Å². The summed E-state index contributed by atoms with van der Waals surface area (Å²) in [5.41, 5.74) is 0. The minimum atomic E-state index is -0.864. The third-order valence-corrected chi connectivity index (χ3v) is 3.82. The lowest BCUT2D eigenvalue weighted by atomic mass is 9.80. The third-order valence-electron chi connectivity index (χ3n) is 3.82. The molecule has 1 saturated carbocycles. The Bertz CT molecular complexity index is 301. The van der Waals surface area contributed by atoms with Crippen molar-refractivity contribution in [1.82, 2.24) is 10.6 Å². The molecular weight excluding hydrogens is 232 g/mol. The van der Waals surface area contributed by atoms with Crippen LogP contribution in [-0.2, 0) is 4.79 Å². The van der Waals surface area contributed by atoms with Crippen molar-refractivity contribution in [1.29, 1.82) is 0 Å². The number of rotatable bonds is 6. The third kappa shape index (κ3) is 4.20. The van der Waals surface area contributed by atoms with Crippen LogP contribution >= 0.6 is 0 Å². The largest absolute Gasteiger partial charge is 0.481 e. The molecule has 5 nitrogen and oxygen atoms in total. The maximum Gasteiger partial charge on any atom is 0.315 e. The molecule has 0 heterocycles. The molecule has 5 heteroatoms. The number of aliphatic carboxylic acids is 1. The van der Waals surface area contributed by atoms with Crippen LogP contribution in [0.15, 0.2) is 0 Å². The van der Waals surface area contributed by atoms with Gasteiger partial charge in [-0.25, -0.2) is 4.79 Å². The number of hydrogen-bond donors (Lipinski definition) is 3. The Morgan fingerprint density at radius 1 is 1.28 bits per heavy atom. The number of carboxylic acid groups (broad SMARTS) is 1. The number of urea groups is 1. The summed E-state index contributed by atoms with van der Waals surface area (Å²) < 4.78 is 0. The van der Waals surface area contributed by atoms with E-state index in [1.54, 1.807) is 0 Å². The van der Waals surface area contributed by atoms with Gasteiger partial charge < -0.3 is 15.7 Å². The number of carbonyl (C=O) groups is 2. The predicted molar refractivity (Wildman–Crippen MR) is 69.3 cm³/mol. The normalized spacial score (nSPS) is 18.9. The average Bonchev–Trinajstić information content (AvgIpc) is 2.12. The van der Waals surface area contributed by atoms with E-state index in [9.17, 15) is 9.59 Å². The van der Waals surface area contributed by atoms with E-state index < -0.39 is 11.9 Å². The van der Waals surface area contributed by atoms with Crippen molar-refractivity contribution in [3.63, 3.8) is 0 Å². The van der Waals surface area contributed by atoms with Gasteiger partial charge in [-0.3, -0.25) is 4.79 Å². The SMILES string of the molecule is CC(C)C(CNC(=O)NC(C)C1CCC1)C(=O)O. The molecule has 3 N–H and O–H groups in total. The fourth-order valence-electron chi connectivity index (χ4n) is 2.13. The van der Waals surface area contributed by atoms with Gasteiger partial charge in [0, 0.05) is 12.6 Å². The van der Waals surface area contributed by atoms with Crippen molar-refractivity contribution in [2.75, 3.05) is 6.54 Å². The highest BCUT2D eigenvalue weighted by molar-refractivity contribution is 5.76. The van der Waals surface area contributed by atoms with Crippen LogP contribution in [0.1, 0.15) is 40.0 Å². The van der Waals surface area contributed by atoms with E-state index in [2.05, 4.69) is 10.6 Å². The number of nitrogens with one attached hydrogen (secondary N) is 2. The Hall–Kier alpha value is -1.26. The maximum absolute atomic E-state index is 11.6. The summed E-state index contributed by atoms with van der Waals surface area (Å²) in [6.07, 6.45) is 3.59. The van der Waals surface area contributed by atoms with Crippen LogP contribution < -0.4 is 10.6 Å². The van der Waals surface area contributed by atoms with Crippen LogP contribution in [-0.4, -0.2) is 29.7 Å². The molecule has 1 aliphatic carbocycles. The van der Waals surface area contributed by atoms with E-state index in [-0.39, 0.29) is 24.5 Å². The molecule has 0 aromatic rings. The second-order valence-electron chi connectivity index (χ2n) is 5.52. The minimum Gasteiger partial charge on any atom is -0.481 e. The van der Waals surface area contributed by atoms with Gasteiger partial charge in [0.1, 0.15) is 0 Å². The van der Waals surface area contributed by atoms with Crippen molar-refractivity contribution >= 4 is 12.0 Å². The van der Waals surface area contributed by atoms with Gasteiger partial charge in [0.25, 0.3) is 0 Å². The molecule has 1 fully saturated rings. The first-order valence-electron chi connectivity index (χ1n) is 6.69. The summed E-state index contributed by atoms with van der Waals surface area (Å²) in [5.74, 6) is -0.810. The summed E-state index contributed by atoms with van der Waals surface area (Å²) in [6.45, 7) is 5.86. The van der Waals surface area contributed by atoms with Crippen LogP contribution in [0.2, 0.25) is 0 Å². The monoisotopic (exact) mass is 256 g/mol. The maximum atomic E-state index is 11.6. The van der Waals surface area contributed by atoms with Crippen molar-refractivity contribution in [2.24, 2.45) is 17.8 Å². The Morgan fingerprint density at radius 2 is 1.89 bits per heavy atom. The second-order valence-corrected chi connectivity index (χ2v) is 5.52. The molecule has 0 aromatic heterocycles. The molecule has 1 rings (SSSR count). The molecule has 0 aromatic carbocycles. The molecule has 104 valence electrons. The Kier molecular flexibility index (Phi) is 5.44. The van der Waals surface area contributed by atoms with Crippen molar-refractivity contribution in [2.45, 2.75) is 46.1 Å². The van der Waals surface area contributed by atoms with Gasteiger partial charge in [-0.15, -0.1) is 0 Å². The first kappa shape index (κ1) is 14.8. The van der Waals surface area contributed by atoms with E-state index in [0.29, 0.717) is 5.92 Å². The zero-order valence-electron chi connectivity index (χ0n) is 11.4. The standard InChI is InChI=1S/C13H24N2O3/c1-8(2)11(12(16)17)7-14-13(18)15-9(3)10-5-4-6-10/h8-11H,4-7H2,1-3H3,(H,16,17)(H2,14,15,18). The van der Waals surface area contributed by atoms with Crippen molar-refractivity contribution in [3.05, 3.63) is 0 Å². The molecule has 0 spiro atoms. The minimum absolute atomic E-state index is 0.00635. The average molecular weight is 256 g/mol. The summed E-state index contributed by atoms with van der Waals surface area (Å²) in [7, 11) is 0. The van der Waals surface area contributed by atoms with E-state index in [4.69, 9.17) is 5.11 Å². The second kappa shape index (κ2) is 6.61. The summed E-state index contributed by atoms with van der Waals surface area (Å²) in [6, 6.07) is -0.0950. The van der Waals surface area contributed by atoms with E-state index in [1.165, 1.54) is 19.3 Å². The van der Waals surface area contributed by atoms with Gasteiger partial charge in [-0.1, -0.05) is 20.3 Å². The fourth-order valence-corrected chi connectivity index (χ4v) is 2.13. The topological polar surface area (TPSA) is 78.4 Å². The Morgan fingerprint density at radius 3 is 2.28 bits per heavy atom. The van der Waals surface area contributed by atoms with Gasteiger partial charge in [0.2, 0.25) is 0 Å². The summed E-state index contributed by atoms with van der Waals surface area (Å²) in [5, 5.41) is 14.5. The summed E-state index contributed by atoms with van der Waals surface area (Å²) in [4.78, 5) is 22.6. The van der Waals surface area contributed by atoms with Gasteiger partial charge in [-0.05, 0) is 31.6 Å². The quantitative estimate of drug-likeness (QED) is 0.678. The van der Waals surface area contributed by atoms with Crippen LogP contribution in [0.25, 0.3) is 0 Å². The predicted octanol–water partition coefficient (Wildman–Crippen LogP) is 1.83. The summed E-state index contributed by atoms with van der Waals surface area (Å²) >= 11 is 0. The highest BCUT2D eigenvalue weighted by Gasteiger charge is 2.26. The van der Waals surface area contributed by atoms with Gasteiger partial charge in [0.05, 0.1) is 5.92 Å². The lowest BCUT2D eigenvalue weighted by molar-refractivity contribution is -0.142. The van der Waals surface area contributed by atoms with Crippen molar-refractivity contribution < 1.29 is 14.7 Å². The van der Waals surface area contributed by atoms with E-state index in [1.807, 2.05) is 20.8 Å². The first-order valence-corrected chi connectivity index (χ1v) is 6.69. The molecule has 0 bridgehead atoms. The Labute approximate surface area is 108 Å². The van der Waals surface area contributed by atoms with Crippen LogP contribution in [0, 0.1) is 17.8 Å². The van der Waals surface area contributed by atoms with Crippen LogP contribution in [0.5, 0.6) is 0 Å². The molecular formula is C13H24N2O3. The first-order chi connectivity index (χ1) is 8.41. The number of carbonyl (C=O) groups excluding carboxylic acids is 1. The van der Waals surface area contributed by atoms with Crippen LogP contribution in [0.3, 0.4) is 0 Å². The zero-order valence-corrected chi connectivity index (χ0v) is 11.4.